The van der Waals surface area contributed by atoms with Crippen LogP contribution in [0.4, 0.5) is 0 Å². The predicted molar refractivity (Wildman–Crippen MR) is 52.4 cm³/mol. The van der Waals surface area contributed by atoms with Gasteiger partial charge in [-0.15, -0.1) is 0 Å². The Morgan fingerprint density at radius 3 is 2.69 bits per heavy atom. The van der Waals surface area contributed by atoms with Crippen molar-refractivity contribution in [1.82, 2.24) is 9.97 Å². The third-order valence-corrected chi connectivity index (χ3v) is 2.33. The lowest BCUT2D eigenvalue weighted by Gasteiger charge is -2.16. The lowest BCUT2D eigenvalue weighted by molar-refractivity contribution is 0.797. The van der Waals surface area contributed by atoms with E-state index >= 15 is 0 Å². The monoisotopic (exact) mass is 193 g/mol. The number of rotatable bonds is 1. The molecule has 0 atom stereocenters. The second-order valence-corrected chi connectivity index (χ2v) is 5.38. The summed E-state index contributed by atoms with van der Waals surface area (Å²) in [5.41, 5.74) is 0.544. The third-order valence-electron chi connectivity index (χ3n) is 1.20. The maximum Gasteiger partial charge on any atom is 0.118 e. The maximum absolute atomic E-state index is 8.77. The molecule has 0 unspecified atom stereocenters. The van der Waals surface area contributed by atoms with Crippen molar-refractivity contribution in [3.63, 3.8) is 0 Å². The smallest absolute Gasteiger partial charge is 0.118 e. The van der Waals surface area contributed by atoms with Crippen LogP contribution in [0.25, 0.3) is 0 Å². The van der Waals surface area contributed by atoms with Crippen molar-refractivity contribution in [2.75, 3.05) is 0 Å². The van der Waals surface area contributed by atoms with Gasteiger partial charge >= 0.3 is 0 Å². The van der Waals surface area contributed by atoms with Crippen LogP contribution in [0.3, 0.4) is 0 Å². The topological polar surface area (TPSA) is 49.6 Å². The van der Waals surface area contributed by atoms with E-state index in [1.54, 1.807) is 18.0 Å². The summed E-state index contributed by atoms with van der Waals surface area (Å²) >= 11 is 1.58. The zero-order valence-corrected chi connectivity index (χ0v) is 8.72. The van der Waals surface area contributed by atoms with E-state index in [1.165, 1.54) is 6.33 Å². The van der Waals surface area contributed by atoms with Crippen LogP contribution < -0.4 is 0 Å². The molecule has 0 radical (unpaired) electrons. The van der Waals surface area contributed by atoms with Gasteiger partial charge in [0.15, 0.2) is 0 Å². The normalized spacial score (nSPS) is 10.9. The molecule has 0 amide bonds. The van der Waals surface area contributed by atoms with Crippen molar-refractivity contribution < 1.29 is 0 Å². The fraction of sp³-hybridized carbons (Fsp3) is 0.444. The Kier molecular flexibility index (Phi) is 2.89. The minimum absolute atomic E-state index is 0.0694. The SMILES string of the molecule is CC(C)(C)Sc1ncncc1C#N. The molecule has 3 nitrogen and oxygen atoms in total. The molecule has 1 aromatic heterocycles. The van der Waals surface area contributed by atoms with E-state index < -0.39 is 0 Å². The quantitative estimate of drug-likeness (QED) is 0.507. The number of aromatic nitrogens is 2. The van der Waals surface area contributed by atoms with Gasteiger partial charge in [0.25, 0.3) is 0 Å². The highest BCUT2D eigenvalue weighted by Crippen LogP contribution is 2.31. The molecule has 0 aliphatic carbocycles. The molecule has 0 aromatic carbocycles. The molecular formula is C9H11N3S. The average Bonchev–Trinajstić information content (AvgIpc) is 2.02. The molecular weight excluding hydrogens is 182 g/mol. The summed E-state index contributed by atoms with van der Waals surface area (Å²) in [4.78, 5) is 7.86. The molecule has 1 aromatic rings. The van der Waals surface area contributed by atoms with Crippen LogP contribution in [-0.4, -0.2) is 14.7 Å². The molecule has 1 heterocycles. The Bertz CT molecular complexity index is 335. The minimum Gasteiger partial charge on any atom is -0.243 e. The Balaban J connectivity index is 2.96. The molecule has 1 rings (SSSR count). The Labute approximate surface area is 82.2 Å². The van der Waals surface area contributed by atoms with Gasteiger partial charge in [-0.2, -0.15) is 5.26 Å². The van der Waals surface area contributed by atoms with Crippen LogP contribution >= 0.6 is 11.8 Å². The van der Waals surface area contributed by atoms with Gasteiger partial charge in [-0.05, 0) is 0 Å². The Morgan fingerprint density at radius 2 is 2.15 bits per heavy atom. The fourth-order valence-corrected chi connectivity index (χ4v) is 1.65. The third kappa shape index (κ3) is 3.03. The van der Waals surface area contributed by atoms with Crippen molar-refractivity contribution in [3.8, 4) is 6.07 Å². The molecule has 0 bridgehead atoms. The van der Waals surface area contributed by atoms with Crippen molar-refractivity contribution in [2.24, 2.45) is 0 Å². The van der Waals surface area contributed by atoms with E-state index in [4.69, 9.17) is 5.26 Å². The summed E-state index contributed by atoms with van der Waals surface area (Å²) in [5.74, 6) is 0. The first-order chi connectivity index (χ1) is 6.03. The average molecular weight is 193 g/mol. The molecule has 13 heavy (non-hydrogen) atoms. The highest BCUT2D eigenvalue weighted by molar-refractivity contribution is 8.00. The first kappa shape index (κ1) is 10.0. The lowest BCUT2D eigenvalue weighted by atomic mass is 10.3. The zero-order valence-electron chi connectivity index (χ0n) is 7.90. The summed E-state index contributed by atoms with van der Waals surface area (Å²) < 4.78 is 0.0694. The lowest BCUT2D eigenvalue weighted by Crippen LogP contribution is -2.08. The summed E-state index contributed by atoms with van der Waals surface area (Å²) in [5, 5.41) is 9.53. The van der Waals surface area contributed by atoms with Gasteiger partial charge in [0.05, 0.1) is 0 Å². The molecule has 0 saturated heterocycles. The van der Waals surface area contributed by atoms with E-state index in [9.17, 15) is 0 Å². The Morgan fingerprint density at radius 1 is 1.46 bits per heavy atom. The predicted octanol–water partition coefficient (Wildman–Crippen LogP) is 2.24. The molecule has 0 aliphatic heterocycles. The zero-order chi connectivity index (χ0) is 9.90. The first-order valence-corrected chi connectivity index (χ1v) is 4.74. The molecule has 4 heteroatoms. The first-order valence-electron chi connectivity index (χ1n) is 3.92. The van der Waals surface area contributed by atoms with E-state index in [0.717, 1.165) is 5.03 Å². The van der Waals surface area contributed by atoms with Crippen molar-refractivity contribution in [3.05, 3.63) is 18.1 Å². The number of thioether (sulfide) groups is 1. The van der Waals surface area contributed by atoms with E-state index in [-0.39, 0.29) is 4.75 Å². The van der Waals surface area contributed by atoms with Gasteiger partial charge in [-0.25, -0.2) is 9.97 Å². The van der Waals surface area contributed by atoms with Gasteiger partial charge in [0.1, 0.15) is 23.0 Å². The highest BCUT2D eigenvalue weighted by atomic mass is 32.2. The minimum atomic E-state index is 0.0694. The van der Waals surface area contributed by atoms with Crippen LogP contribution in [0.15, 0.2) is 17.6 Å². The van der Waals surface area contributed by atoms with E-state index in [2.05, 4.69) is 36.8 Å². The largest absolute Gasteiger partial charge is 0.243 e. The van der Waals surface area contributed by atoms with E-state index in [0.29, 0.717) is 5.56 Å². The number of nitrogens with zero attached hydrogens (tertiary/aromatic N) is 3. The summed E-state index contributed by atoms with van der Waals surface area (Å²) in [6.45, 7) is 6.25. The fourth-order valence-electron chi connectivity index (χ4n) is 0.766. The van der Waals surface area contributed by atoms with Crippen LogP contribution in [-0.2, 0) is 0 Å². The summed E-state index contributed by atoms with van der Waals surface area (Å²) in [7, 11) is 0. The number of nitriles is 1. The van der Waals surface area contributed by atoms with Gasteiger partial charge in [-0.1, -0.05) is 32.5 Å². The number of hydrogen-bond acceptors (Lipinski definition) is 4. The standard InChI is InChI=1S/C9H11N3S/c1-9(2,3)13-8-7(4-10)5-11-6-12-8/h5-6H,1-3H3. The van der Waals surface area contributed by atoms with Crippen molar-refractivity contribution in [1.29, 1.82) is 5.26 Å². The molecule has 0 N–H and O–H groups in total. The van der Waals surface area contributed by atoms with Crippen molar-refractivity contribution in [2.45, 2.75) is 30.5 Å². The second-order valence-electron chi connectivity index (χ2n) is 3.57. The van der Waals surface area contributed by atoms with Gasteiger partial charge in [0.2, 0.25) is 0 Å². The van der Waals surface area contributed by atoms with Crippen LogP contribution in [0.1, 0.15) is 26.3 Å². The molecule has 0 fully saturated rings. The van der Waals surface area contributed by atoms with Gasteiger partial charge in [0, 0.05) is 10.9 Å². The van der Waals surface area contributed by atoms with E-state index in [1.807, 2.05) is 0 Å². The van der Waals surface area contributed by atoms with Crippen molar-refractivity contribution >= 4 is 11.8 Å². The van der Waals surface area contributed by atoms with Gasteiger partial charge in [-0.3, -0.25) is 0 Å². The van der Waals surface area contributed by atoms with Crippen LogP contribution in [0.5, 0.6) is 0 Å². The van der Waals surface area contributed by atoms with Crippen LogP contribution in [0, 0.1) is 11.3 Å². The maximum atomic E-state index is 8.77. The number of hydrogen-bond donors (Lipinski definition) is 0. The summed E-state index contributed by atoms with van der Waals surface area (Å²) in [6, 6.07) is 2.07. The second kappa shape index (κ2) is 3.75. The molecule has 68 valence electrons. The Hall–Kier alpha value is -1.08. The van der Waals surface area contributed by atoms with Gasteiger partial charge < -0.3 is 0 Å². The van der Waals surface area contributed by atoms with Crippen LogP contribution in [0.2, 0.25) is 0 Å². The molecule has 0 spiro atoms. The molecule has 0 aliphatic rings. The molecule has 0 saturated carbocycles. The highest BCUT2D eigenvalue weighted by Gasteiger charge is 2.15. The summed E-state index contributed by atoms with van der Waals surface area (Å²) in [6.07, 6.45) is 3.01.